The summed E-state index contributed by atoms with van der Waals surface area (Å²) in [5.41, 5.74) is 0.677. The molecular formula is C10H9NO3. The second-order valence-corrected chi connectivity index (χ2v) is 3.07. The smallest absolute Gasteiger partial charge is 0.374 e. The Labute approximate surface area is 81.1 Å². The number of anilines is 1. The molecule has 0 aromatic heterocycles. The molecule has 1 fully saturated rings. The third-order valence-corrected chi connectivity index (χ3v) is 2.15. The van der Waals surface area contributed by atoms with Crippen LogP contribution in [0.4, 0.5) is 10.5 Å². The highest BCUT2D eigenvalue weighted by molar-refractivity contribution is 6.06. The van der Waals surface area contributed by atoms with Gasteiger partial charge in [0.15, 0.2) is 0 Å². The van der Waals surface area contributed by atoms with E-state index in [-0.39, 0.29) is 0 Å². The zero-order valence-corrected chi connectivity index (χ0v) is 7.64. The van der Waals surface area contributed by atoms with Crippen molar-refractivity contribution in [3.63, 3.8) is 0 Å². The number of ether oxygens (including phenoxy) is 1. The van der Waals surface area contributed by atoms with Crippen LogP contribution in [0.25, 0.3) is 0 Å². The number of esters is 1. The lowest BCUT2D eigenvalue weighted by Gasteiger charge is -2.15. The fraction of sp³-hybridized carbons (Fsp3) is 0.200. The average Bonchev–Trinajstić information content (AvgIpc) is 2.43. The number of hydrogen-bond donors (Lipinski definition) is 0. The monoisotopic (exact) mass is 191 g/mol. The summed E-state index contributed by atoms with van der Waals surface area (Å²) in [7, 11) is 0. The fourth-order valence-corrected chi connectivity index (χ4v) is 1.40. The third-order valence-electron chi connectivity index (χ3n) is 2.15. The Morgan fingerprint density at radius 3 is 2.36 bits per heavy atom. The van der Waals surface area contributed by atoms with E-state index >= 15 is 0 Å². The second-order valence-electron chi connectivity index (χ2n) is 3.07. The van der Waals surface area contributed by atoms with Crippen molar-refractivity contribution in [2.24, 2.45) is 0 Å². The van der Waals surface area contributed by atoms with Crippen molar-refractivity contribution >= 4 is 17.7 Å². The maximum atomic E-state index is 11.3. The van der Waals surface area contributed by atoms with E-state index in [9.17, 15) is 9.59 Å². The van der Waals surface area contributed by atoms with Crippen LogP contribution >= 0.6 is 0 Å². The van der Waals surface area contributed by atoms with Gasteiger partial charge >= 0.3 is 12.1 Å². The molecule has 1 saturated heterocycles. The van der Waals surface area contributed by atoms with Gasteiger partial charge in [0, 0.05) is 5.69 Å². The van der Waals surface area contributed by atoms with E-state index in [1.807, 2.05) is 6.07 Å². The van der Waals surface area contributed by atoms with E-state index in [2.05, 4.69) is 4.74 Å². The summed E-state index contributed by atoms with van der Waals surface area (Å²) < 4.78 is 4.49. The van der Waals surface area contributed by atoms with Crippen molar-refractivity contribution in [3.05, 3.63) is 30.3 Å². The number of carbonyl (C=O) groups is 2. The van der Waals surface area contributed by atoms with Crippen molar-refractivity contribution in [1.82, 2.24) is 0 Å². The van der Waals surface area contributed by atoms with Gasteiger partial charge in [-0.25, -0.2) is 9.59 Å². The topological polar surface area (TPSA) is 46.6 Å². The van der Waals surface area contributed by atoms with E-state index in [0.29, 0.717) is 5.69 Å². The number of carbonyl (C=O) groups excluding carboxylic acids is 2. The molecule has 0 radical (unpaired) electrons. The molecule has 1 heterocycles. The Hall–Kier alpha value is -1.84. The fourth-order valence-electron chi connectivity index (χ4n) is 1.40. The minimum atomic E-state index is -0.603. The molecule has 1 aliphatic rings. The number of cyclic esters (lactones) is 2. The average molecular weight is 191 g/mol. The number of benzene rings is 1. The van der Waals surface area contributed by atoms with Gasteiger partial charge in [0.2, 0.25) is 0 Å². The quantitative estimate of drug-likeness (QED) is 0.500. The molecular weight excluding hydrogens is 182 g/mol. The van der Waals surface area contributed by atoms with Crippen LogP contribution in [0.15, 0.2) is 30.3 Å². The second kappa shape index (κ2) is 3.14. The van der Waals surface area contributed by atoms with Gasteiger partial charge in [0.05, 0.1) is 0 Å². The lowest BCUT2D eigenvalue weighted by Crippen LogP contribution is -2.32. The van der Waals surface area contributed by atoms with Crippen LogP contribution in [0.1, 0.15) is 6.92 Å². The van der Waals surface area contributed by atoms with Crippen LogP contribution in [-0.4, -0.2) is 18.1 Å². The summed E-state index contributed by atoms with van der Waals surface area (Å²) in [5, 5.41) is 0. The Bertz CT molecular complexity index is 374. The minimum absolute atomic E-state index is 0.501. The summed E-state index contributed by atoms with van der Waals surface area (Å²) in [4.78, 5) is 23.7. The first kappa shape index (κ1) is 8.74. The number of rotatable bonds is 1. The Morgan fingerprint density at radius 1 is 1.21 bits per heavy atom. The molecule has 0 N–H and O–H groups in total. The first-order chi connectivity index (χ1) is 6.70. The molecule has 1 atom stereocenters. The van der Waals surface area contributed by atoms with Crippen LogP contribution < -0.4 is 4.90 Å². The Balaban J connectivity index is 2.36. The standard InChI is InChI=1S/C10H9NO3/c1-7-9(12)14-10(13)11(7)8-5-3-2-4-6-8/h2-7H,1H3/t7-/m1/s1. The van der Waals surface area contributed by atoms with E-state index in [0.717, 1.165) is 0 Å². The largest absolute Gasteiger partial charge is 0.422 e. The highest BCUT2D eigenvalue weighted by Gasteiger charge is 2.38. The molecule has 72 valence electrons. The molecule has 1 amide bonds. The molecule has 4 heteroatoms. The lowest BCUT2D eigenvalue weighted by molar-refractivity contribution is -0.134. The van der Waals surface area contributed by atoms with E-state index in [1.54, 1.807) is 31.2 Å². The first-order valence-electron chi connectivity index (χ1n) is 4.30. The number of hydrogen-bond acceptors (Lipinski definition) is 3. The van der Waals surface area contributed by atoms with Gasteiger partial charge in [-0.05, 0) is 19.1 Å². The van der Waals surface area contributed by atoms with Crippen LogP contribution in [0.2, 0.25) is 0 Å². The van der Waals surface area contributed by atoms with Crippen LogP contribution in [-0.2, 0) is 9.53 Å². The van der Waals surface area contributed by atoms with Crippen LogP contribution in [0.5, 0.6) is 0 Å². The van der Waals surface area contributed by atoms with Crippen LogP contribution in [0.3, 0.4) is 0 Å². The van der Waals surface area contributed by atoms with E-state index in [4.69, 9.17) is 0 Å². The molecule has 0 unspecified atom stereocenters. The highest BCUT2D eigenvalue weighted by atomic mass is 16.6. The maximum Gasteiger partial charge on any atom is 0.422 e. The van der Waals surface area contributed by atoms with Gasteiger partial charge in [-0.15, -0.1) is 0 Å². The highest BCUT2D eigenvalue weighted by Crippen LogP contribution is 2.22. The molecule has 1 aliphatic heterocycles. The lowest BCUT2D eigenvalue weighted by atomic mass is 10.2. The number of nitrogens with zero attached hydrogens (tertiary/aromatic N) is 1. The summed E-state index contributed by atoms with van der Waals surface area (Å²) in [5.74, 6) is -0.501. The number of amides is 1. The minimum Gasteiger partial charge on any atom is -0.374 e. The maximum absolute atomic E-state index is 11.3. The summed E-state index contributed by atoms with van der Waals surface area (Å²) in [6, 6.07) is 8.44. The van der Waals surface area contributed by atoms with Crippen molar-refractivity contribution in [2.45, 2.75) is 13.0 Å². The molecule has 2 rings (SSSR count). The van der Waals surface area contributed by atoms with Crippen LogP contribution in [0, 0.1) is 0 Å². The molecule has 0 saturated carbocycles. The van der Waals surface area contributed by atoms with Gasteiger partial charge < -0.3 is 4.74 Å². The van der Waals surface area contributed by atoms with Gasteiger partial charge in [-0.3, -0.25) is 4.90 Å². The predicted molar refractivity (Wildman–Crippen MR) is 49.9 cm³/mol. The van der Waals surface area contributed by atoms with Crippen molar-refractivity contribution in [3.8, 4) is 0 Å². The van der Waals surface area contributed by atoms with Gasteiger partial charge in [0.25, 0.3) is 0 Å². The van der Waals surface area contributed by atoms with Gasteiger partial charge in [-0.1, -0.05) is 18.2 Å². The van der Waals surface area contributed by atoms with E-state index < -0.39 is 18.1 Å². The SMILES string of the molecule is C[C@@H]1C(=O)OC(=O)N1c1ccccc1. The van der Waals surface area contributed by atoms with Gasteiger partial charge in [-0.2, -0.15) is 0 Å². The third kappa shape index (κ3) is 1.25. The van der Waals surface area contributed by atoms with Gasteiger partial charge in [0.1, 0.15) is 6.04 Å². The summed E-state index contributed by atoms with van der Waals surface area (Å²) in [6.07, 6.45) is -0.603. The predicted octanol–water partition coefficient (Wildman–Crippen LogP) is 1.56. The van der Waals surface area contributed by atoms with Crippen molar-refractivity contribution in [2.75, 3.05) is 4.90 Å². The zero-order valence-electron chi connectivity index (χ0n) is 7.64. The summed E-state index contributed by atoms with van der Waals surface area (Å²) >= 11 is 0. The molecule has 14 heavy (non-hydrogen) atoms. The Kier molecular flexibility index (Phi) is 1.96. The molecule has 0 bridgehead atoms. The molecule has 4 nitrogen and oxygen atoms in total. The number of para-hydroxylation sites is 1. The normalized spacial score (nSPS) is 21.2. The van der Waals surface area contributed by atoms with Crippen molar-refractivity contribution < 1.29 is 14.3 Å². The zero-order chi connectivity index (χ0) is 10.1. The molecule has 1 aromatic carbocycles. The molecule has 0 aliphatic carbocycles. The van der Waals surface area contributed by atoms with E-state index in [1.165, 1.54) is 4.90 Å². The summed E-state index contributed by atoms with van der Waals surface area (Å²) in [6.45, 7) is 1.64. The Morgan fingerprint density at radius 2 is 1.86 bits per heavy atom. The first-order valence-corrected chi connectivity index (χ1v) is 4.30. The van der Waals surface area contributed by atoms with Crippen molar-refractivity contribution in [1.29, 1.82) is 0 Å². The molecule has 0 spiro atoms. The molecule has 1 aromatic rings.